The lowest BCUT2D eigenvalue weighted by Crippen LogP contribution is -2.29. The van der Waals surface area contributed by atoms with E-state index in [1.165, 1.54) is 13.2 Å². The normalized spacial score (nSPS) is 10.6. The van der Waals surface area contributed by atoms with Gasteiger partial charge >= 0.3 is 0 Å². The first-order valence-corrected chi connectivity index (χ1v) is 8.56. The summed E-state index contributed by atoms with van der Waals surface area (Å²) in [4.78, 5) is 32.9. The fraction of sp³-hybridized carbons (Fsp3) is 0.111. The lowest BCUT2D eigenvalue weighted by atomic mass is 10.2. The van der Waals surface area contributed by atoms with Gasteiger partial charge in [-0.1, -0.05) is 29.3 Å². The quantitative estimate of drug-likeness (QED) is 0.696. The van der Waals surface area contributed by atoms with Crippen LogP contribution in [0.5, 0.6) is 5.75 Å². The molecule has 2 heterocycles. The Morgan fingerprint density at radius 2 is 2.04 bits per heavy atom. The Bertz CT molecular complexity index is 1070. The fourth-order valence-electron chi connectivity index (χ4n) is 2.42. The van der Waals surface area contributed by atoms with Crippen LogP contribution in [0.25, 0.3) is 11.4 Å². The summed E-state index contributed by atoms with van der Waals surface area (Å²) in [7, 11) is 1.45. The molecule has 0 unspecified atom stereocenters. The van der Waals surface area contributed by atoms with Crippen LogP contribution < -0.4 is 10.9 Å². The van der Waals surface area contributed by atoms with E-state index in [4.69, 9.17) is 23.2 Å². The Labute approximate surface area is 164 Å². The average Bonchev–Trinajstić information content (AvgIpc) is 2.68. The van der Waals surface area contributed by atoms with E-state index in [9.17, 15) is 14.7 Å². The van der Waals surface area contributed by atoms with E-state index in [-0.39, 0.29) is 18.1 Å². The molecule has 138 valence electrons. The topological polar surface area (TPSA) is 97.1 Å². The standard InChI is InChI=1S/C18H14Cl2N4O3/c1-24-16(11-3-2-6-21-9-11)23-14(15(25)18(24)27)17(26)22-8-10-4-5-12(19)13(20)7-10/h2-7,9,25H,8H2,1H3,(H,22,26). The first-order valence-electron chi connectivity index (χ1n) is 7.81. The van der Waals surface area contributed by atoms with Crippen LogP contribution >= 0.6 is 23.2 Å². The van der Waals surface area contributed by atoms with Gasteiger partial charge in [-0.15, -0.1) is 0 Å². The number of amides is 1. The molecule has 27 heavy (non-hydrogen) atoms. The van der Waals surface area contributed by atoms with Crippen LogP contribution in [-0.4, -0.2) is 25.5 Å². The number of nitrogens with zero attached hydrogens (tertiary/aromatic N) is 3. The molecule has 1 aromatic carbocycles. The molecule has 0 aliphatic carbocycles. The van der Waals surface area contributed by atoms with Crippen molar-refractivity contribution in [2.75, 3.05) is 0 Å². The van der Waals surface area contributed by atoms with Gasteiger partial charge in [-0.2, -0.15) is 0 Å². The van der Waals surface area contributed by atoms with Gasteiger partial charge in [0.25, 0.3) is 11.5 Å². The summed E-state index contributed by atoms with van der Waals surface area (Å²) in [6.07, 6.45) is 3.09. The SMILES string of the molecule is Cn1c(-c2cccnc2)nc(C(=O)NCc2ccc(Cl)c(Cl)c2)c(O)c1=O. The molecule has 9 heteroatoms. The molecule has 0 aliphatic rings. The predicted octanol–water partition coefficient (Wildman–Crippen LogP) is 2.78. The van der Waals surface area contributed by atoms with Gasteiger partial charge in [0.1, 0.15) is 5.82 Å². The maximum Gasteiger partial charge on any atom is 0.296 e. The summed E-state index contributed by atoms with van der Waals surface area (Å²) in [5, 5.41) is 13.4. The Balaban J connectivity index is 1.91. The number of benzene rings is 1. The Kier molecular flexibility index (Phi) is 5.43. The number of carbonyl (C=O) groups excluding carboxylic acids is 1. The molecule has 0 radical (unpaired) electrons. The zero-order valence-corrected chi connectivity index (χ0v) is 15.6. The van der Waals surface area contributed by atoms with Gasteiger partial charge in [0, 0.05) is 31.5 Å². The summed E-state index contributed by atoms with van der Waals surface area (Å²) in [6.45, 7) is 0.119. The fourth-order valence-corrected chi connectivity index (χ4v) is 2.74. The third-order valence-electron chi connectivity index (χ3n) is 3.84. The molecule has 0 aliphatic heterocycles. The first kappa shape index (κ1) is 18.9. The molecule has 0 saturated heterocycles. The molecule has 0 fully saturated rings. The number of hydrogen-bond donors (Lipinski definition) is 2. The monoisotopic (exact) mass is 404 g/mol. The van der Waals surface area contributed by atoms with Gasteiger partial charge in [-0.3, -0.25) is 19.1 Å². The highest BCUT2D eigenvalue weighted by molar-refractivity contribution is 6.42. The van der Waals surface area contributed by atoms with Gasteiger partial charge in [0.05, 0.1) is 10.0 Å². The van der Waals surface area contributed by atoms with Crippen molar-refractivity contribution in [3.05, 3.63) is 74.4 Å². The number of hydrogen-bond acceptors (Lipinski definition) is 5. The molecule has 0 saturated carbocycles. The average molecular weight is 405 g/mol. The summed E-state index contributed by atoms with van der Waals surface area (Å²) in [5.41, 5.74) is 0.143. The smallest absolute Gasteiger partial charge is 0.296 e. The van der Waals surface area contributed by atoms with Gasteiger partial charge in [0.15, 0.2) is 5.69 Å². The van der Waals surface area contributed by atoms with E-state index in [2.05, 4.69) is 15.3 Å². The number of pyridine rings is 1. The van der Waals surface area contributed by atoms with Crippen molar-refractivity contribution in [2.45, 2.75) is 6.54 Å². The summed E-state index contributed by atoms with van der Waals surface area (Å²) >= 11 is 11.8. The van der Waals surface area contributed by atoms with Crippen LogP contribution in [-0.2, 0) is 13.6 Å². The van der Waals surface area contributed by atoms with Crippen molar-refractivity contribution in [3.8, 4) is 17.1 Å². The van der Waals surface area contributed by atoms with Gasteiger partial charge in [0.2, 0.25) is 5.75 Å². The number of carbonyl (C=O) groups is 1. The number of aromatic hydroxyl groups is 1. The van der Waals surface area contributed by atoms with Crippen molar-refractivity contribution in [2.24, 2.45) is 7.05 Å². The van der Waals surface area contributed by atoms with E-state index in [0.717, 1.165) is 4.57 Å². The highest BCUT2D eigenvalue weighted by Gasteiger charge is 2.20. The molecule has 7 nitrogen and oxygen atoms in total. The van der Waals surface area contributed by atoms with Crippen LogP contribution in [0.2, 0.25) is 10.0 Å². The molecular weight excluding hydrogens is 391 g/mol. The van der Waals surface area contributed by atoms with Gasteiger partial charge < -0.3 is 10.4 Å². The zero-order valence-electron chi connectivity index (χ0n) is 14.1. The van der Waals surface area contributed by atoms with Crippen molar-refractivity contribution < 1.29 is 9.90 Å². The van der Waals surface area contributed by atoms with E-state index >= 15 is 0 Å². The number of rotatable bonds is 4. The summed E-state index contributed by atoms with van der Waals surface area (Å²) < 4.78 is 1.15. The predicted molar refractivity (Wildman–Crippen MR) is 102 cm³/mol. The largest absolute Gasteiger partial charge is 0.501 e. The minimum Gasteiger partial charge on any atom is -0.501 e. The molecule has 2 N–H and O–H groups in total. The Morgan fingerprint density at radius 1 is 1.26 bits per heavy atom. The van der Waals surface area contributed by atoms with Crippen molar-refractivity contribution in [1.29, 1.82) is 0 Å². The van der Waals surface area contributed by atoms with E-state index < -0.39 is 17.2 Å². The molecule has 0 bridgehead atoms. The lowest BCUT2D eigenvalue weighted by molar-refractivity contribution is 0.0942. The number of halogens is 2. The van der Waals surface area contributed by atoms with E-state index in [0.29, 0.717) is 21.2 Å². The van der Waals surface area contributed by atoms with Crippen LogP contribution in [0, 0.1) is 0 Å². The van der Waals surface area contributed by atoms with Crippen LogP contribution in [0.1, 0.15) is 16.1 Å². The molecular formula is C18H14Cl2N4O3. The van der Waals surface area contributed by atoms with Crippen LogP contribution in [0.3, 0.4) is 0 Å². The third kappa shape index (κ3) is 3.94. The van der Waals surface area contributed by atoms with E-state index in [1.54, 1.807) is 36.5 Å². The summed E-state index contributed by atoms with van der Waals surface area (Å²) in [5.74, 6) is -1.20. The molecule has 0 spiro atoms. The molecule has 1 amide bonds. The van der Waals surface area contributed by atoms with Crippen molar-refractivity contribution >= 4 is 29.1 Å². The minimum atomic E-state index is -0.733. The van der Waals surface area contributed by atoms with Gasteiger partial charge in [-0.05, 0) is 29.8 Å². The van der Waals surface area contributed by atoms with Crippen LogP contribution in [0.15, 0.2) is 47.5 Å². The minimum absolute atomic E-state index is 0.119. The molecule has 0 atom stereocenters. The van der Waals surface area contributed by atoms with E-state index in [1.807, 2.05) is 0 Å². The lowest BCUT2D eigenvalue weighted by Gasteiger charge is -2.11. The zero-order chi connectivity index (χ0) is 19.6. The Hall–Kier alpha value is -2.90. The maximum atomic E-state index is 12.5. The second-order valence-electron chi connectivity index (χ2n) is 5.67. The highest BCUT2D eigenvalue weighted by Crippen LogP contribution is 2.23. The number of nitrogens with one attached hydrogen (secondary N) is 1. The maximum absolute atomic E-state index is 12.5. The van der Waals surface area contributed by atoms with Gasteiger partial charge in [-0.25, -0.2) is 4.98 Å². The van der Waals surface area contributed by atoms with Crippen molar-refractivity contribution in [3.63, 3.8) is 0 Å². The highest BCUT2D eigenvalue weighted by atomic mass is 35.5. The van der Waals surface area contributed by atoms with Crippen molar-refractivity contribution in [1.82, 2.24) is 19.9 Å². The molecule has 2 aromatic heterocycles. The van der Waals surface area contributed by atoms with Crippen LogP contribution in [0.4, 0.5) is 0 Å². The third-order valence-corrected chi connectivity index (χ3v) is 4.58. The Morgan fingerprint density at radius 3 is 2.70 bits per heavy atom. The molecule has 3 rings (SSSR count). The second-order valence-corrected chi connectivity index (χ2v) is 6.48. The molecule has 3 aromatic rings. The number of aromatic nitrogens is 3. The second kappa shape index (κ2) is 7.77. The first-order chi connectivity index (χ1) is 12.9. The summed E-state index contributed by atoms with van der Waals surface area (Å²) in [6, 6.07) is 8.30.